The van der Waals surface area contributed by atoms with Crippen molar-refractivity contribution in [2.75, 3.05) is 11.9 Å². The highest BCUT2D eigenvalue weighted by molar-refractivity contribution is 7.89. The summed E-state index contributed by atoms with van der Waals surface area (Å²) in [5, 5.41) is 7.98. The molecule has 6 nitrogen and oxygen atoms in total. The molecule has 2 aliphatic rings. The van der Waals surface area contributed by atoms with E-state index < -0.39 is 10.0 Å². The molecule has 1 unspecified atom stereocenters. The predicted octanol–water partition coefficient (Wildman–Crippen LogP) is 2.42. The molecule has 0 saturated heterocycles. The smallest absolute Gasteiger partial charge is 0.238 e. The molecule has 2 aromatic carbocycles. The number of carbonyl (C=O) groups excluding carboxylic acids is 1. The van der Waals surface area contributed by atoms with Crippen molar-refractivity contribution in [3.8, 4) is 0 Å². The number of nitrogens with one attached hydrogen (secondary N) is 1. The molecule has 0 heterocycles. The third-order valence-electron chi connectivity index (χ3n) is 5.29. The molecule has 1 amide bonds. The molecule has 4 rings (SSSR count). The summed E-state index contributed by atoms with van der Waals surface area (Å²) in [4.78, 5) is 14.9. The Morgan fingerprint density at radius 1 is 1.11 bits per heavy atom. The number of rotatable bonds is 6. The summed E-state index contributed by atoms with van der Waals surface area (Å²) in [5.41, 5.74) is 3.14. The van der Waals surface area contributed by atoms with Crippen molar-refractivity contribution < 1.29 is 13.2 Å². The van der Waals surface area contributed by atoms with Gasteiger partial charge in [0.2, 0.25) is 15.9 Å². The number of primary sulfonamides is 1. The van der Waals surface area contributed by atoms with Crippen LogP contribution in [0.1, 0.15) is 36.4 Å². The largest absolute Gasteiger partial charge is 0.325 e. The highest BCUT2D eigenvalue weighted by Crippen LogP contribution is 2.41. The highest BCUT2D eigenvalue weighted by atomic mass is 32.2. The van der Waals surface area contributed by atoms with Crippen molar-refractivity contribution >= 4 is 21.6 Å². The summed E-state index contributed by atoms with van der Waals surface area (Å²) in [7, 11) is -3.80. The van der Waals surface area contributed by atoms with Gasteiger partial charge < -0.3 is 5.32 Å². The lowest BCUT2D eigenvalue weighted by Crippen LogP contribution is -2.37. The quantitative estimate of drug-likeness (QED) is 0.799. The summed E-state index contributed by atoms with van der Waals surface area (Å²) in [5.74, 6) is -0.141. The minimum absolute atomic E-state index is 0.0101. The summed E-state index contributed by atoms with van der Waals surface area (Å²) >= 11 is 0. The monoisotopic (exact) mass is 385 g/mol. The Hall–Kier alpha value is -2.22. The summed E-state index contributed by atoms with van der Waals surface area (Å²) in [6.07, 6.45) is 4.31. The number of carbonyl (C=O) groups is 1. The van der Waals surface area contributed by atoms with Crippen molar-refractivity contribution in [2.45, 2.75) is 42.7 Å². The van der Waals surface area contributed by atoms with E-state index >= 15 is 0 Å². The van der Waals surface area contributed by atoms with Crippen LogP contribution in [0.3, 0.4) is 0 Å². The number of benzene rings is 2. The second kappa shape index (κ2) is 7.07. The van der Waals surface area contributed by atoms with E-state index in [1.165, 1.54) is 23.3 Å². The average Bonchev–Trinajstić information content (AvgIpc) is 3.38. The lowest BCUT2D eigenvalue weighted by Gasteiger charge is -2.29. The van der Waals surface area contributed by atoms with Gasteiger partial charge in [0, 0.05) is 17.8 Å². The number of amides is 1. The first-order valence-electron chi connectivity index (χ1n) is 9.18. The van der Waals surface area contributed by atoms with Crippen LogP contribution in [-0.4, -0.2) is 31.8 Å². The summed E-state index contributed by atoms with van der Waals surface area (Å²) in [6, 6.07) is 15.2. The maximum absolute atomic E-state index is 12.7. The Balaban J connectivity index is 1.48. The van der Waals surface area contributed by atoms with Gasteiger partial charge in [0.05, 0.1) is 11.4 Å². The number of anilines is 1. The number of hydrogen-bond acceptors (Lipinski definition) is 4. The first kappa shape index (κ1) is 18.2. The van der Waals surface area contributed by atoms with E-state index in [4.69, 9.17) is 5.14 Å². The van der Waals surface area contributed by atoms with E-state index in [1.807, 2.05) is 0 Å². The SMILES string of the molecule is NS(=O)(=O)c1cccc(NC(=O)CN(C2CC2)C2CCc3ccccc32)c1. The Labute approximate surface area is 159 Å². The molecular weight excluding hydrogens is 362 g/mol. The number of nitrogens with two attached hydrogens (primary N) is 1. The van der Waals surface area contributed by atoms with Crippen LogP contribution >= 0.6 is 0 Å². The molecule has 0 spiro atoms. The van der Waals surface area contributed by atoms with E-state index in [0.717, 1.165) is 25.7 Å². The van der Waals surface area contributed by atoms with E-state index in [9.17, 15) is 13.2 Å². The zero-order chi connectivity index (χ0) is 19.0. The average molecular weight is 385 g/mol. The topological polar surface area (TPSA) is 92.5 Å². The van der Waals surface area contributed by atoms with Crippen molar-refractivity contribution in [1.29, 1.82) is 0 Å². The van der Waals surface area contributed by atoms with Gasteiger partial charge in [-0.1, -0.05) is 30.3 Å². The minimum atomic E-state index is -3.80. The molecule has 2 aromatic rings. The summed E-state index contributed by atoms with van der Waals surface area (Å²) in [6.45, 7) is 0.295. The van der Waals surface area contributed by atoms with Crippen molar-refractivity contribution in [3.05, 3.63) is 59.7 Å². The molecule has 1 atom stereocenters. The van der Waals surface area contributed by atoms with E-state index in [2.05, 4.69) is 34.5 Å². The van der Waals surface area contributed by atoms with E-state index in [-0.39, 0.29) is 16.8 Å². The van der Waals surface area contributed by atoms with Gasteiger partial charge in [-0.15, -0.1) is 0 Å². The van der Waals surface area contributed by atoms with Crippen LogP contribution in [0, 0.1) is 0 Å². The second-order valence-electron chi connectivity index (χ2n) is 7.28. The molecule has 1 saturated carbocycles. The van der Waals surface area contributed by atoms with Gasteiger partial charge in [0.15, 0.2) is 0 Å². The standard InChI is InChI=1S/C20H23N3O3S/c21-27(25,26)17-6-3-5-15(12-17)22-20(24)13-23(16-9-10-16)19-11-8-14-4-1-2-7-18(14)19/h1-7,12,16,19H,8-11,13H2,(H,22,24)(H2,21,25,26). The Morgan fingerprint density at radius 2 is 1.89 bits per heavy atom. The van der Waals surface area contributed by atoms with Crippen LogP contribution in [0.5, 0.6) is 0 Å². The van der Waals surface area contributed by atoms with Gasteiger partial charge in [0.25, 0.3) is 0 Å². The highest BCUT2D eigenvalue weighted by Gasteiger charge is 2.38. The number of nitrogens with zero attached hydrogens (tertiary/aromatic N) is 1. The van der Waals surface area contributed by atoms with Crippen molar-refractivity contribution in [2.24, 2.45) is 5.14 Å². The zero-order valence-electron chi connectivity index (χ0n) is 15.0. The normalized spacial score (nSPS) is 19.1. The third-order valence-corrected chi connectivity index (χ3v) is 6.20. The molecule has 0 aliphatic heterocycles. The van der Waals surface area contributed by atoms with Gasteiger partial charge in [-0.05, 0) is 55.0 Å². The number of fused-ring (bicyclic) bond motifs is 1. The van der Waals surface area contributed by atoms with Gasteiger partial charge >= 0.3 is 0 Å². The maximum atomic E-state index is 12.7. The predicted molar refractivity (Wildman–Crippen MR) is 104 cm³/mol. The van der Waals surface area contributed by atoms with Gasteiger partial charge in [-0.25, -0.2) is 13.6 Å². The van der Waals surface area contributed by atoms with Crippen LogP contribution in [0.25, 0.3) is 0 Å². The molecule has 142 valence electrons. The van der Waals surface area contributed by atoms with Crippen molar-refractivity contribution in [3.63, 3.8) is 0 Å². The molecule has 1 fully saturated rings. The Morgan fingerprint density at radius 3 is 2.63 bits per heavy atom. The second-order valence-corrected chi connectivity index (χ2v) is 8.84. The van der Waals surface area contributed by atoms with Crippen LogP contribution < -0.4 is 10.5 Å². The fraction of sp³-hybridized carbons (Fsp3) is 0.350. The minimum Gasteiger partial charge on any atom is -0.325 e. The first-order valence-corrected chi connectivity index (χ1v) is 10.7. The van der Waals surface area contributed by atoms with Gasteiger partial charge in [0.1, 0.15) is 0 Å². The third kappa shape index (κ3) is 4.05. The van der Waals surface area contributed by atoms with E-state index in [0.29, 0.717) is 18.3 Å². The van der Waals surface area contributed by atoms with Crippen LogP contribution in [0.2, 0.25) is 0 Å². The first-order chi connectivity index (χ1) is 12.9. The fourth-order valence-electron chi connectivity index (χ4n) is 3.90. The number of sulfonamides is 1. The Kier molecular flexibility index (Phi) is 4.75. The molecule has 3 N–H and O–H groups in total. The Bertz CT molecular complexity index is 970. The number of aryl methyl sites for hydroxylation is 1. The van der Waals surface area contributed by atoms with Crippen LogP contribution in [0.15, 0.2) is 53.4 Å². The fourth-order valence-corrected chi connectivity index (χ4v) is 4.46. The van der Waals surface area contributed by atoms with Crippen LogP contribution in [0.4, 0.5) is 5.69 Å². The molecule has 0 radical (unpaired) electrons. The molecule has 7 heteroatoms. The summed E-state index contributed by atoms with van der Waals surface area (Å²) < 4.78 is 23.0. The maximum Gasteiger partial charge on any atom is 0.238 e. The van der Waals surface area contributed by atoms with E-state index in [1.54, 1.807) is 12.1 Å². The zero-order valence-corrected chi connectivity index (χ0v) is 15.8. The van der Waals surface area contributed by atoms with Crippen molar-refractivity contribution in [1.82, 2.24) is 4.90 Å². The lowest BCUT2D eigenvalue weighted by molar-refractivity contribution is -0.118. The van der Waals surface area contributed by atoms with Crippen LogP contribution in [-0.2, 0) is 21.2 Å². The molecular formula is C20H23N3O3S. The van der Waals surface area contributed by atoms with Gasteiger partial charge in [-0.2, -0.15) is 0 Å². The lowest BCUT2D eigenvalue weighted by atomic mass is 10.1. The molecule has 0 bridgehead atoms. The number of hydrogen-bond donors (Lipinski definition) is 2. The molecule has 2 aliphatic carbocycles. The molecule has 27 heavy (non-hydrogen) atoms. The van der Waals surface area contributed by atoms with Gasteiger partial charge in [-0.3, -0.25) is 9.69 Å². The molecule has 0 aromatic heterocycles.